The van der Waals surface area contributed by atoms with Crippen molar-refractivity contribution in [3.63, 3.8) is 0 Å². The first-order chi connectivity index (χ1) is 11.9. The summed E-state index contributed by atoms with van der Waals surface area (Å²) in [6.07, 6.45) is 11.8. The van der Waals surface area contributed by atoms with Crippen molar-refractivity contribution in [2.75, 3.05) is 0 Å². The Morgan fingerprint density at radius 1 is 1.36 bits per heavy atom. The van der Waals surface area contributed by atoms with Crippen molar-refractivity contribution in [3.05, 3.63) is 24.3 Å². The van der Waals surface area contributed by atoms with Crippen molar-refractivity contribution in [2.45, 2.75) is 69.8 Å². The number of alkyl halides is 1. The van der Waals surface area contributed by atoms with Crippen molar-refractivity contribution >= 4 is 23.5 Å². The van der Waals surface area contributed by atoms with Gasteiger partial charge in [0.25, 0.3) is 0 Å². The minimum absolute atomic E-state index is 0.167. The van der Waals surface area contributed by atoms with Crippen molar-refractivity contribution in [1.82, 2.24) is 0 Å². The van der Waals surface area contributed by atoms with E-state index in [0.717, 1.165) is 6.42 Å². The highest BCUT2D eigenvalue weighted by atomic mass is 35.5. The van der Waals surface area contributed by atoms with Crippen LogP contribution in [0.1, 0.15) is 40.0 Å². The fourth-order valence-electron chi connectivity index (χ4n) is 2.56. The Kier molecular flexibility index (Phi) is 9.33. The minimum Gasteiger partial charge on any atom is -0.458 e. The molecule has 0 saturated heterocycles. The Morgan fingerprint density at radius 3 is 2.60 bits per heavy atom. The van der Waals surface area contributed by atoms with Crippen LogP contribution in [0.4, 0.5) is 0 Å². The molecule has 1 rings (SSSR count). The number of carbonyl (C=O) groups is 2. The number of hydrogen-bond acceptors (Lipinski definition) is 5. The maximum atomic E-state index is 11.5. The Bertz CT molecular complexity index is 549. The molecule has 5 atom stereocenters. The molecule has 0 aromatic rings. The van der Waals surface area contributed by atoms with Crippen LogP contribution in [0.3, 0.4) is 0 Å². The van der Waals surface area contributed by atoms with E-state index in [4.69, 9.17) is 32.2 Å². The normalized spacial score (nSPS) is 29.1. The summed E-state index contributed by atoms with van der Waals surface area (Å²) >= 11 is 6.48. The van der Waals surface area contributed by atoms with Crippen molar-refractivity contribution in [1.29, 1.82) is 0 Å². The zero-order valence-electron chi connectivity index (χ0n) is 14.8. The summed E-state index contributed by atoms with van der Waals surface area (Å²) in [5.74, 6) is 1.51. The summed E-state index contributed by atoms with van der Waals surface area (Å²) < 4.78 is 16.7. The van der Waals surface area contributed by atoms with Gasteiger partial charge >= 0.3 is 11.9 Å². The molecule has 0 aromatic heterocycles. The topological polar surface area (TPSA) is 61.8 Å². The molecular formula is C19H25ClO5. The van der Waals surface area contributed by atoms with E-state index in [-0.39, 0.29) is 17.6 Å². The van der Waals surface area contributed by atoms with Gasteiger partial charge in [-0.3, -0.25) is 9.59 Å². The van der Waals surface area contributed by atoms with E-state index >= 15 is 0 Å². The van der Waals surface area contributed by atoms with Crippen molar-refractivity contribution < 1.29 is 23.8 Å². The molecule has 25 heavy (non-hydrogen) atoms. The smallest absolute Gasteiger partial charge is 0.303 e. The molecule has 0 unspecified atom stereocenters. The first-order valence-corrected chi connectivity index (χ1v) is 8.74. The second kappa shape index (κ2) is 11.0. The lowest BCUT2D eigenvalue weighted by Gasteiger charge is -2.33. The van der Waals surface area contributed by atoms with Crippen LogP contribution in [-0.2, 0) is 23.8 Å². The number of terminal acetylenes is 1. The van der Waals surface area contributed by atoms with Crippen LogP contribution >= 0.6 is 11.6 Å². The second-order valence-corrected chi connectivity index (χ2v) is 6.35. The number of carbonyl (C=O) groups excluding carboxylic acids is 2. The van der Waals surface area contributed by atoms with Gasteiger partial charge in [-0.1, -0.05) is 25.0 Å². The predicted octanol–water partition coefficient (Wildman–Crippen LogP) is 3.16. The predicted molar refractivity (Wildman–Crippen MR) is 96.0 cm³/mol. The molecule has 0 amide bonds. The summed E-state index contributed by atoms with van der Waals surface area (Å²) in [5, 5.41) is -0.360. The van der Waals surface area contributed by atoms with Gasteiger partial charge in [-0.15, -0.1) is 18.0 Å². The zero-order valence-corrected chi connectivity index (χ0v) is 15.6. The quantitative estimate of drug-likeness (QED) is 0.312. The third-order valence-electron chi connectivity index (χ3n) is 3.70. The summed E-state index contributed by atoms with van der Waals surface area (Å²) in [4.78, 5) is 22.9. The maximum absolute atomic E-state index is 11.5. The zero-order chi connectivity index (χ0) is 18.8. The van der Waals surface area contributed by atoms with Gasteiger partial charge in [0.05, 0.1) is 17.6 Å². The van der Waals surface area contributed by atoms with Crippen LogP contribution in [0.25, 0.3) is 0 Å². The molecule has 0 spiro atoms. The number of esters is 2. The van der Waals surface area contributed by atoms with E-state index in [2.05, 4.69) is 5.92 Å². The molecule has 0 bridgehead atoms. The van der Waals surface area contributed by atoms with Crippen LogP contribution in [0, 0.1) is 12.3 Å². The summed E-state index contributed by atoms with van der Waals surface area (Å²) in [7, 11) is 0. The van der Waals surface area contributed by atoms with E-state index in [1.165, 1.54) is 13.8 Å². The van der Waals surface area contributed by atoms with Gasteiger partial charge in [-0.25, -0.2) is 0 Å². The van der Waals surface area contributed by atoms with E-state index < -0.39 is 24.1 Å². The highest BCUT2D eigenvalue weighted by molar-refractivity contribution is 6.21. The molecule has 6 heteroatoms. The van der Waals surface area contributed by atoms with E-state index in [1.807, 2.05) is 13.0 Å². The molecule has 1 heterocycles. The highest BCUT2D eigenvalue weighted by Gasteiger charge is 2.34. The Labute approximate surface area is 154 Å². The van der Waals surface area contributed by atoms with Crippen LogP contribution in [0.15, 0.2) is 24.3 Å². The SMILES string of the molecule is C#C/C=C\C[C@@H](Cl)[C@H]1C[C@@H](OC(C)=O)[C@H](OC(C)=O)/C=C\[C@@H](CC)O1. The standard InChI is InChI=1S/C19H25ClO5/c1-5-7-8-9-16(20)18-12-19(24-14(4)22)17(23-13(3)21)11-10-15(6-2)25-18/h1,7-8,10-11,15-19H,6,9,12H2,2-4H3/b8-7-,11-10-/t15-,16-,17-,18-,19-/m1/s1. The summed E-state index contributed by atoms with van der Waals surface area (Å²) in [6, 6.07) is 0. The molecule has 5 nitrogen and oxygen atoms in total. The maximum Gasteiger partial charge on any atom is 0.303 e. The molecule has 0 N–H and O–H groups in total. The van der Waals surface area contributed by atoms with Gasteiger partial charge in [-0.2, -0.15) is 0 Å². The third-order valence-corrected chi connectivity index (χ3v) is 4.16. The molecule has 0 aromatic carbocycles. The molecule has 0 saturated carbocycles. The van der Waals surface area contributed by atoms with Crippen LogP contribution in [0.2, 0.25) is 0 Å². The first kappa shape index (κ1) is 21.3. The number of hydrogen-bond donors (Lipinski definition) is 0. The lowest BCUT2D eigenvalue weighted by molar-refractivity contribution is -0.165. The largest absolute Gasteiger partial charge is 0.458 e. The van der Waals surface area contributed by atoms with Gasteiger partial charge in [0, 0.05) is 20.3 Å². The molecular weight excluding hydrogens is 344 g/mol. The summed E-state index contributed by atoms with van der Waals surface area (Å²) in [5.41, 5.74) is 0. The van der Waals surface area contributed by atoms with E-state index in [1.54, 1.807) is 18.2 Å². The molecule has 0 fully saturated rings. The van der Waals surface area contributed by atoms with Gasteiger partial charge in [0.1, 0.15) is 6.10 Å². The van der Waals surface area contributed by atoms with E-state index in [9.17, 15) is 9.59 Å². The van der Waals surface area contributed by atoms with Crippen LogP contribution in [-0.4, -0.2) is 41.7 Å². The Hall–Kier alpha value is -1.77. The molecule has 1 aliphatic rings. The van der Waals surface area contributed by atoms with Gasteiger partial charge in [0.2, 0.25) is 0 Å². The molecule has 1 aliphatic heterocycles. The highest BCUT2D eigenvalue weighted by Crippen LogP contribution is 2.26. The molecule has 0 radical (unpaired) electrons. The summed E-state index contributed by atoms with van der Waals surface area (Å²) in [6.45, 7) is 4.61. The monoisotopic (exact) mass is 368 g/mol. The number of allylic oxidation sites excluding steroid dienone is 2. The minimum atomic E-state index is -0.674. The lowest BCUT2D eigenvalue weighted by Crippen LogP contribution is -2.42. The van der Waals surface area contributed by atoms with Gasteiger partial charge in [-0.05, 0) is 25.0 Å². The first-order valence-electron chi connectivity index (χ1n) is 8.30. The van der Waals surface area contributed by atoms with Crippen molar-refractivity contribution in [2.24, 2.45) is 0 Å². The molecule has 0 aliphatic carbocycles. The Balaban J connectivity index is 3.03. The molecule has 138 valence electrons. The van der Waals surface area contributed by atoms with Crippen molar-refractivity contribution in [3.8, 4) is 12.3 Å². The van der Waals surface area contributed by atoms with Gasteiger partial charge in [0.15, 0.2) is 6.10 Å². The fraction of sp³-hybridized carbons (Fsp3) is 0.579. The van der Waals surface area contributed by atoms with Gasteiger partial charge < -0.3 is 14.2 Å². The Morgan fingerprint density at radius 2 is 2.04 bits per heavy atom. The van der Waals surface area contributed by atoms with Crippen LogP contribution < -0.4 is 0 Å². The average Bonchev–Trinajstić information content (AvgIpc) is 2.53. The second-order valence-electron chi connectivity index (χ2n) is 5.78. The fourth-order valence-corrected chi connectivity index (χ4v) is 2.83. The third kappa shape index (κ3) is 7.76. The average molecular weight is 369 g/mol. The van der Waals surface area contributed by atoms with Crippen LogP contribution in [0.5, 0.6) is 0 Å². The number of halogens is 1. The lowest BCUT2D eigenvalue weighted by atomic mass is 9.99. The number of ether oxygens (including phenoxy) is 3. The number of rotatable bonds is 6. The van der Waals surface area contributed by atoms with E-state index in [0.29, 0.717) is 12.8 Å².